The second-order valence-corrected chi connectivity index (χ2v) is 14.3. The van der Waals surface area contributed by atoms with E-state index in [9.17, 15) is 41.7 Å². The fraction of sp³-hybridized carbons (Fsp3) is 0.212. The Labute approximate surface area is 283 Å². The van der Waals surface area contributed by atoms with Crippen LogP contribution in [0.25, 0.3) is 0 Å². The summed E-state index contributed by atoms with van der Waals surface area (Å²) in [4.78, 5) is 22.5. The summed E-state index contributed by atoms with van der Waals surface area (Å²) in [6.07, 6.45) is 1.06. The molecule has 2 fully saturated rings. The molecule has 5 N–H and O–H groups in total. The third kappa shape index (κ3) is 8.78. The van der Waals surface area contributed by atoms with Crippen molar-refractivity contribution in [2.24, 2.45) is 0 Å². The lowest BCUT2D eigenvalue weighted by Gasteiger charge is -2.17. The number of hydrogen-bond acceptors (Lipinski definition) is 10. The Morgan fingerprint density at radius 2 is 1.20 bits per heavy atom. The first kappa shape index (κ1) is 35.0. The molecule has 2 amide bonds. The van der Waals surface area contributed by atoms with E-state index in [0.29, 0.717) is 31.6 Å². The number of hydrogen-bond donors (Lipinski definition) is 5. The van der Waals surface area contributed by atoms with E-state index >= 15 is 0 Å². The van der Waals surface area contributed by atoms with Crippen LogP contribution in [0, 0.1) is 0 Å². The summed E-state index contributed by atoms with van der Waals surface area (Å²) in [6, 6.07) is 27.9. The molecular formula is C33H34N4O10S2. The number of nitrogens with zero attached hydrogens (tertiary/aromatic N) is 2. The number of phenols is 2. The van der Waals surface area contributed by atoms with Crippen molar-refractivity contribution < 1.29 is 46.5 Å². The van der Waals surface area contributed by atoms with Crippen molar-refractivity contribution in [3.05, 3.63) is 114 Å². The molecule has 2 saturated heterocycles. The number of aromatic hydroxyl groups is 2. The lowest BCUT2D eigenvalue weighted by molar-refractivity contribution is -0.118. The number of aliphatic hydroxyl groups is 1. The molecule has 0 aromatic heterocycles. The Balaban J connectivity index is 0.000000191. The van der Waals surface area contributed by atoms with Crippen molar-refractivity contribution in [3.63, 3.8) is 0 Å². The van der Waals surface area contributed by atoms with Gasteiger partial charge in [-0.15, -0.1) is 0 Å². The monoisotopic (exact) mass is 710 g/mol. The van der Waals surface area contributed by atoms with Crippen LogP contribution in [-0.2, 0) is 42.8 Å². The third-order valence-corrected chi connectivity index (χ3v) is 10.3. The van der Waals surface area contributed by atoms with Gasteiger partial charge in [0.05, 0.1) is 24.1 Å². The summed E-state index contributed by atoms with van der Waals surface area (Å²) in [5.41, 5.74) is 2.78. The van der Waals surface area contributed by atoms with E-state index in [1.54, 1.807) is 12.1 Å². The molecule has 258 valence electrons. The molecule has 14 nitrogen and oxygen atoms in total. The zero-order chi connectivity index (χ0) is 35.2. The van der Waals surface area contributed by atoms with Gasteiger partial charge in [-0.2, -0.15) is 16.8 Å². The Hall–Kier alpha value is -5.32. The molecule has 0 radical (unpaired) electrons. The van der Waals surface area contributed by atoms with Crippen molar-refractivity contribution in [2.45, 2.75) is 25.4 Å². The van der Waals surface area contributed by atoms with Crippen LogP contribution in [0.2, 0.25) is 0 Å². The minimum atomic E-state index is -3.95. The van der Waals surface area contributed by atoms with Crippen LogP contribution in [-0.4, -0.2) is 63.7 Å². The van der Waals surface area contributed by atoms with Crippen LogP contribution in [0.15, 0.2) is 97.1 Å². The number of ether oxygens (including phenoxy) is 1. The first-order valence-corrected chi connectivity index (χ1v) is 17.9. The number of rotatable bonds is 10. The lowest BCUT2D eigenvalue weighted by atomic mass is 10.0. The average molecular weight is 711 g/mol. The molecule has 0 saturated carbocycles. The van der Waals surface area contributed by atoms with E-state index in [2.05, 4.69) is 0 Å². The van der Waals surface area contributed by atoms with Crippen molar-refractivity contribution in [1.82, 2.24) is 9.44 Å². The van der Waals surface area contributed by atoms with Crippen LogP contribution in [0.3, 0.4) is 0 Å². The predicted molar refractivity (Wildman–Crippen MR) is 180 cm³/mol. The van der Waals surface area contributed by atoms with Crippen LogP contribution < -0.4 is 22.8 Å². The first-order valence-electron chi connectivity index (χ1n) is 15.0. The maximum atomic E-state index is 11.8. The molecule has 16 heteroatoms. The second kappa shape index (κ2) is 14.8. The molecule has 4 aromatic rings. The van der Waals surface area contributed by atoms with Crippen molar-refractivity contribution in [3.8, 4) is 17.2 Å². The van der Waals surface area contributed by atoms with Gasteiger partial charge in [-0.25, -0.2) is 18.1 Å². The van der Waals surface area contributed by atoms with Gasteiger partial charge in [-0.05, 0) is 53.8 Å². The molecule has 1 unspecified atom stereocenters. The van der Waals surface area contributed by atoms with E-state index in [-0.39, 0.29) is 36.0 Å². The summed E-state index contributed by atoms with van der Waals surface area (Å²) >= 11 is 0. The molecular weight excluding hydrogens is 677 g/mol. The number of carbonyl (C=O) groups excluding carboxylic acids is 2. The second-order valence-electron chi connectivity index (χ2n) is 11.1. The summed E-state index contributed by atoms with van der Waals surface area (Å²) < 4.78 is 58.2. The topological polar surface area (TPSA) is 203 Å². The Bertz CT molecular complexity index is 2030. The van der Waals surface area contributed by atoms with Gasteiger partial charge in [0.2, 0.25) is 0 Å². The molecule has 4 aromatic carbocycles. The minimum absolute atomic E-state index is 0.0313. The number of phenolic OH excluding ortho intramolecular Hbond substituents is 2. The van der Waals surface area contributed by atoms with E-state index in [1.165, 1.54) is 24.3 Å². The van der Waals surface area contributed by atoms with Gasteiger partial charge in [0.25, 0.3) is 11.8 Å². The number of carbonyl (C=O) groups is 2. The number of nitrogens with one attached hydrogen (secondary N) is 2. The van der Waals surface area contributed by atoms with Crippen molar-refractivity contribution in [1.29, 1.82) is 0 Å². The summed E-state index contributed by atoms with van der Waals surface area (Å²) in [7, 11) is -7.90. The van der Waals surface area contributed by atoms with Gasteiger partial charge < -0.3 is 20.1 Å². The highest BCUT2D eigenvalue weighted by Gasteiger charge is 2.36. The van der Waals surface area contributed by atoms with E-state index in [1.807, 2.05) is 70.1 Å². The van der Waals surface area contributed by atoms with Gasteiger partial charge >= 0.3 is 20.4 Å². The summed E-state index contributed by atoms with van der Waals surface area (Å²) in [5, 5.41) is 30.4. The zero-order valence-corrected chi connectivity index (χ0v) is 27.6. The molecule has 0 spiro atoms. The third-order valence-electron chi connectivity index (χ3n) is 7.56. The Morgan fingerprint density at radius 3 is 1.71 bits per heavy atom. The maximum Gasteiger partial charge on any atom is 0.326 e. The largest absolute Gasteiger partial charge is 0.506 e. The SMILES string of the molecule is O=C1CN(c2ccc(CCC(O)c3ccccc3)cc2O)S(=O)(=O)N1.O=C1CN(c2ccc(OCCc3ccccc3)cc2O)S(=O)(=O)N1. The van der Waals surface area contributed by atoms with E-state index < -0.39 is 38.3 Å². The van der Waals surface area contributed by atoms with Crippen molar-refractivity contribution in [2.75, 3.05) is 28.3 Å². The summed E-state index contributed by atoms with van der Waals surface area (Å²) in [5.74, 6) is -1.37. The van der Waals surface area contributed by atoms with E-state index in [4.69, 9.17) is 4.74 Å². The Kier molecular flexibility index (Phi) is 10.6. The van der Waals surface area contributed by atoms with Gasteiger partial charge in [-0.3, -0.25) is 9.59 Å². The standard InChI is InChI=1S/C17H18N2O5S.C16H16N2O5S/c20-15(13-4-2-1-3-5-13)9-7-12-6-8-14(16(21)10-12)19-11-17(22)18-25(19,23)24;19-15-10-13(23-9-8-12-4-2-1-3-5-12)6-7-14(15)18-11-16(20)17-24(18,21)22/h1-6,8,10,15,20-21H,7,9,11H2,(H,18,22);1-7,10,19H,8-9,11H2,(H,17,20). The van der Waals surface area contributed by atoms with Crippen LogP contribution in [0.5, 0.6) is 17.2 Å². The zero-order valence-electron chi connectivity index (χ0n) is 26.0. The molecule has 6 rings (SSSR count). The molecule has 2 aliphatic heterocycles. The first-order chi connectivity index (χ1) is 23.3. The normalized spacial score (nSPS) is 16.7. The Morgan fingerprint density at radius 1 is 0.673 bits per heavy atom. The number of benzene rings is 4. The fourth-order valence-electron chi connectivity index (χ4n) is 5.14. The highest BCUT2D eigenvalue weighted by Crippen LogP contribution is 2.34. The number of aryl methyl sites for hydroxylation is 1. The quantitative estimate of drug-likeness (QED) is 0.163. The molecule has 1 atom stereocenters. The van der Waals surface area contributed by atoms with Crippen LogP contribution in [0.4, 0.5) is 11.4 Å². The average Bonchev–Trinajstić information content (AvgIpc) is 3.51. The van der Waals surface area contributed by atoms with Gasteiger partial charge in [-0.1, -0.05) is 66.7 Å². The van der Waals surface area contributed by atoms with Gasteiger partial charge in [0.1, 0.15) is 30.3 Å². The maximum absolute atomic E-state index is 11.8. The molecule has 49 heavy (non-hydrogen) atoms. The molecule has 2 aliphatic rings. The predicted octanol–water partition coefficient (Wildman–Crippen LogP) is 2.43. The number of anilines is 2. The molecule has 2 heterocycles. The lowest BCUT2D eigenvalue weighted by Crippen LogP contribution is -2.29. The summed E-state index contributed by atoms with van der Waals surface area (Å²) in [6.45, 7) is -0.295. The smallest absolute Gasteiger partial charge is 0.326 e. The highest BCUT2D eigenvalue weighted by atomic mass is 32.2. The van der Waals surface area contributed by atoms with E-state index in [0.717, 1.165) is 25.3 Å². The number of aliphatic hydroxyl groups excluding tert-OH is 1. The van der Waals surface area contributed by atoms with Gasteiger partial charge in [0, 0.05) is 12.5 Å². The molecule has 0 aliphatic carbocycles. The highest BCUT2D eigenvalue weighted by molar-refractivity contribution is 7.92. The molecule has 0 bridgehead atoms. The van der Waals surface area contributed by atoms with Crippen molar-refractivity contribution >= 4 is 43.6 Å². The minimum Gasteiger partial charge on any atom is -0.506 e. The van der Waals surface area contributed by atoms with Crippen LogP contribution in [0.1, 0.15) is 29.2 Å². The van der Waals surface area contributed by atoms with Crippen LogP contribution >= 0.6 is 0 Å². The number of amides is 2. The van der Waals surface area contributed by atoms with Gasteiger partial charge in [0.15, 0.2) is 0 Å². The fourth-order valence-corrected chi connectivity index (χ4v) is 7.46.